The number of hydrogen-bond donors (Lipinski definition) is 1. The van der Waals surface area contributed by atoms with Crippen molar-refractivity contribution in [3.8, 4) is 0 Å². The topological polar surface area (TPSA) is 49.6 Å². The summed E-state index contributed by atoms with van der Waals surface area (Å²) in [7, 11) is 0. The molecule has 1 aliphatic rings. The van der Waals surface area contributed by atoms with E-state index in [2.05, 4.69) is 21.9 Å². The van der Waals surface area contributed by atoms with Crippen LogP contribution in [0.5, 0.6) is 0 Å². The number of carbonyl (C=O) groups excluding carboxylic acids is 1. The van der Waals surface area contributed by atoms with Crippen molar-refractivity contribution in [3.05, 3.63) is 35.9 Å². The van der Waals surface area contributed by atoms with Crippen LogP contribution in [0.25, 0.3) is 0 Å². The molecule has 2 N–H and O–H groups in total. The summed E-state index contributed by atoms with van der Waals surface area (Å²) in [5.74, 6) is -0.249. The largest absolute Gasteiger partial charge is 0.369 e. The number of carbonyl (C=O) groups is 1. The van der Waals surface area contributed by atoms with E-state index in [9.17, 15) is 4.79 Å². The number of benzene rings is 1. The molecule has 0 aliphatic carbocycles. The van der Waals surface area contributed by atoms with Crippen molar-refractivity contribution in [1.29, 1.82) is 0 Å². The minimum Gasteiger partial charge on any atom is -0.369 e. The Bertz CT molecular complexity index is 353. The lowest BCUT2D eigenvalue weighted by atomic mass is 10.2. The van der Waals surface area contributed by atoms with E-state index in [1.807, 2.05) is 18.2 Å². The summed E-state index contributed by atoms with van der Waals surface area (Å²) in [6.45, 7) is 4.07. The van der Waals surface area contributed by atoms with Crippen LogP contribution in [0.3, 0.4) is 0 Å². The van der Waals surface area contributed by atoms with Crippen LogP contribution in [-0.4, -0.2) is 42.0 Å². The lowest BCUT2D eigenvalue weighted by Gasteiger charge is -2.16. The summed E-state index contributed by atoms with van der Waals surface area (Å²) >= 11 is 0. The van der Waals surface area contributed by atoms with Crippen molar-refractivity contribution < 1.29 is 4.79 Å². The van der Waals surface area contributed by atoms with Gasteiger partial charge in [0.1, 0.15) is 0 Å². The Labute approximate surface area is 95.6 Å². The second-order valence-electron chi connectivity index (χ2n) is 4.20. The molecule has 1 aliphatic heterocycles. The molecule has 0 aromatic heterocycles. The van der Waals surface area contributed by atoms with Gasteiger partial charge in [-0.25, -0.2) is 0 Å². The highest BCUT2D eigenvalue weighted by Gasteiger charge is 2.20. The molecule has 4 heteroatoms. The minimum absolute atomic E-state index is 0.249. The third-order valence-corrected chi connectivity index (χ3v) is 2.76. The first kappa shape index (κ1) is 11.1. The van der Waals surface area contributed by atoms with Crippen LogP contribution < -0.4 is 5.73 Å². The fraction of sp³-hybridized carbons (Fsp3) is 0.417. The minimum atomic E-state index is -0.249. The van der Waals surface area contributed by atoms with E-state index in [1.54, 1.807) is 0 Å². The maximum Gasteiger partial charge on any atom is 0.231 e. The summed E-state index contributed by atoms with van der Waals surface area (Å²) in [6, 6.07) is 10.4. The first-order chi connectivity index (χ1) is 7.74. The normalized spacial score (nSPS) is 17.8. The van der Waals surface area contributed by atoms with E-state index in [0.717, 1.165) is 26.3 Å². The quantitative estimate of drug-likeness (QED) is 0.789. The van der Waals surface area contributed by atoms with Gasteiger partial charge in [-0.15, -0.1) is 0 Å². The van der Waals surface area contributed by atoms with E-state index in [-0.39, 0.29) is 5.91 Å². The van der Waals surface area contributed by atoms with Crippen LogP contribution >= 0.6 is 0 Å². The SMILES string of the molecule is NC(=O)CN1CCN(Cc2ccccc2)C1. The Morgan fingerprint density at radius 3 is 2.56 bits per heavy atom. The summed E-state index contributed by atoms with van der Waals surface area (Å²) in [4.78, 5) is 15.2. The van der Waals surface area contributed by atoms with Crippen LogP contribution in [0.15, 0.2) is 30.3 Å². The molecule has 1 heterocycles. The second-order valence-corrected chi connectivity index (χ2v) is 4.20. The highest BCUT2D eigenvalue weighted by Crippen LogP contribution is 2.09. The van der Waals surface area contributed by atoms with Gasteiger partial charge in [-0.1, -0.05) is 30.3 Å². The van der Waals surface area contributed by atoms with E-state index in [0.29, 0.717) is 6.54 Å². The summed E-state index contributed by atoms with van der Waals surface area (Å²) in [6.07, 6.45) is 0. The van der Waals surface area contributed by atoms with Gasteiger partial charge in [-0.3, -0.25) is 14.6 Å². The number of amides is 1. The molecule has 0 spiro atoms. The van der Waals surface area contributed by atoms with Crippen molar-refractivity contribution in [2.75, 3.05) is 26.3 Å². The van der Waals surface area contributed by atoms with Crippen LogP contribution in [0.1, 0.15) is 5.56 Å². The Morgan fingerprint density at radius 2 is 1.88 bits per heavy atom. The van der Waals surface area contributed by atoms with Gasteiger partial charge in [0.25, 0.3) is 0 Å². The van der Waals surface area contributed by atoms with Crippen molar-refractivity contribution in [1.82, 2.24) is 9.80 Å². The first-order valence-electron chi connectivity index (χ1n) is 5.51. The zero-order chi connectivity index (χ0) is 11.4. The molecular formula is C12H17N3O. The van der Waals surface area contributed by atoms with Gasteiger partial charge in [0.15, 0.2) is 0 Å². The zero-order valence-corrected chi connectivity index (χ0v) is 9.30. The van der Waals surface area contributed by atoms with Crippen LogP contribution in [0.4, 0.5) is 0 Å². The molecule has 16 heavy (non-hydrogen) atoms. The predicted molar refractivity (Wildman–Crippen MR) is 62.5 cm³/mol. The second kappa shape index (κ2) is 5.09. The molecular weight excluding hydrogens is 202 g/mol. The van der Waals surface area contributed by atoms with Gasteiger partial charge in [-0.2, -0.15) is 0 Å². The van der Waals surface area contributed by atoms with Gasteiger partial charge in [0.05, 0.1) is 13.2 Å². The molecule has 2 rings (SSSR count). The number of primary amides is 1. The van der Waals surface area contributed by atoms with Gasteiger partial charge < -0.3 is 5.73 Å². The van der Waals surface area contributed by atoms with Gasteiger partial charge in [-0.05, 0) is 5.56 Å². The molecule has 86 valence electrons. The molecule has 0 atom stereocenters. The average Bonchev–Trinajstić information content (AvgIpc) is 2.66. The fourth-order valence-corrected chi connectivity index (χ4v) is 2.03. The third kappa shape index (κ3) is 3.05. The Balaban J connectivity index is 1.83. The monoisotopic (exact) mass is 219 g/mol. The lowest BCUT2D eigenvalue weighted by Crippen LogP contribution is -2.33. The highest BCUT2D eigenvalue weighted by atomic mass is 16.1. The maximum absolute atomic E-state index is 10.8. The zero-order valence-electron chi connectivity index (χ0n) is 9.30. The maximum atomic E-state index is 10.8. The smallest absolute Gasteiger partial charge is 0.231 e. The Hall–Kier alpha value is -1.39. The molecule has 1 fully saturated rings. The molecule has 0 saturated carbocycles. The molecule has 0 bridgehead atoms. The van der Waals surface area contributed by atoms with E-state index < -0.39 is 0 Å². The van der Waals surface area contributed by atoms with E-state index in [4.69, 9.17) is 5.73 Å². The molecule has 1 saturated heterocycles. The number of hydrogen-bond acceptors (Lipinski definition) is 3. The molecule has 1 aromatic carbocycles. The average molecular weight is 219 g/mol. The standard InChI is InChI=1S/C12H17N3O/c13-12(16)9-15-7-6-14(10-15)8-11-4-2-1-3-5-11/h1-5H,6-10H2,(H2,13,16). The molecule has 0 unspecified atom stereocenters. The summed E-state index contributed by atoms with van der Waals surface area (Å²) < 4.78 is 0. The predicted octanol–water partition coefficient (Wildman–Crippen LogP) is 0.247. The fourth-order valence-electron chi connectivity index (χ4n) is 2.03. The highest BCUT2D eigenvalue weighted by molar-refractivity contribution is 5.75. The van der Waals surface area contributed by atoms with Crippen LogP contribution in [0, 0.1) is 0 Å². The Morgan fingerprint density at radius 1 is 1.19 bits per heavy atom. The summed E-state index contributed by atoms with van der Waals surface area (Å²) in [5.41, 5.74) is 6.48. The first-order valence-corrected chi connectivity index (χ1v) is 5.51. The van der Waals surface area contributed by atoms with E-state index >= 15 is 0 Å². The number of nitrogens with two attached hydrogens (primary N) is 1. The van der Waals surface area contributed by atoms with Gasteiger partial charge in [0.2, 0.25) is 5.91 Å². The molecule has 4 nitrogen and oxygen atoms in total. The van der Waals surface area contributed by atoms with E-state index in [1.165, 1.54) is 5.56 Å². The van der Waals surface area contributed by atoms with Crippen LogP contribution in [0.2, 0.25) is 0 Å². The van der Waals surface area contributed by atoms with Crippen molar-refractivity contribution in [2.45, 2.75) is 6.54 Å². The van der Waals surface area contributed by atoms with Gasteiger partial charge >= 0.3 is 0 Å². The van der Waals surface area contributed by atoms with Crippen molar-refractivity contribution in [3.63, 3.8) is 0 Å². The van der Waals surface area contributed by atoms with Crippen LogP contribution in [-0.2, 0) is 11.3 Å². The van der Waals surface area contributed by atoms with Gasteiger partial charge in [0, 0.05) is 19.6 Å². The third-order valence-electron chi connectivity index (χ3n) is 2.76. The molecule has 1 aromatic rings. The summed E-state index contributed by atoms with van der Waals surface area (Å²) in [5, 5.41) is 0. The molecule has 0 radical (unpaired) electrons. The van der Waals surface area contributed by atoms with Crippen molar-refractivity contribution in [2.24, 2.45) is 5.73 Å². The number of nitrogens with zero attached hydrogens (tertiary/aromatic N) is 2. The Kier molecular flexibility index (Phi) is 3.54. The van der Waals surface area contributed by atoms with Crippen molar-refractivity contribution >= 4 is 5.91 Å². The number of rotatable bonds is 4. The lowest BCUT2D eigenvalue weighted by molar-refractivity contribution is -0.119. The molecule has 1 amide bonds.